The Bertz CT molecular complexity index is 480. The van der Waals surface area contributed by atoms with Crippen LogP contribution in [0.15, 0.2) is 11.1 Å². The van der Waals surface area contributed by atoms with Crippen molar-refractivity contribution in [3.8, 4) is 6.07 Å². The summed E-state index contributed by atoms with van der Waals surface area (Å²) in [4.78, 5) is 15.4. The molecule has 1 unspecified atom stereocenters. The number of rotatable bonds is 4. The van der Waals surface area contributed by atoms with E-state index in [1.807, 2.05) is 13.8 Å². The van der Waals surface area contributed by atoms with Gasteiger partial charge in [-0.3, -0.25) is 0 Å². The Labute approximate surface area is 105 Å². The van der Waals surface area contributed by atoms with Crippen LogP contribution < -0.4 is 0 Å². The lowest BCUT2D eigenvalue weighted by atomic mass is 10.1. The maximum Gasteiger partial charge on any atom is 0.338 e. The molecule has 1 aromatic rings. The predicted octanol–water partition coefficient (Wildman–Crippen LogP) is 2.79. The van der Waals surface area contributed by atoms with Crippen molar-refractivity contribution in [3.05, 3.63) is 22.9 Å². The highest BCUT2D eigenvalue weighted by molar-refractivity contribution is 8.00. The second kappa shape index (κ2) is 5.69. The number of hydrogen-bond acceptors (Lipinski definition) is 4. The fourth-order valence-electron chi connectivity index (χ4n) is 1.48. The Morgan fingerprint density at radius 1 is 1.65 bits per heavy atom. The topological polar surface area (TPSA) is 74.0 Å². The van der Waals surface area contributed by atoms with E-state index in [1.165, 1.54) is 11.8 Å². The van der Waals surface area contributed by atoms with Gasteiger partial charge in [-0.05, 0) is 31.9 Å². The number of carboxylic acid groups (broad SMARTS) is 1. The molecule has 0 amide bonds. The molecule has 1 heterocycles. The standard InChI is InChI=1S/C12H14N2O2S/c1-4-9(6-13)17-11-10(12(15)16)7(2)5-8(3)14-11/h5,9H,4H2,1-3H3,(H,15,16). The minimum absolute atomic E-state index is 0.203. The Hall–Kier alpha value is -1.54. The minimum Gasteiger partial charge on any atom is -0.478 e. The molecule has 0 spiro atoms. The lowest BCUT2D eigenvalue weighted by Gasteiger charge is -2.11. The zero-order chi connectivity index (χ0) is 13.0. The largest absolute Gasteiger partial charge is 0.478 e. The van der Waals surface area contributed by atoms with Gasteiger partial charge >= 0.3 is 5.97 Å². The second-order valence-corrected chi connectivity index (χ2v) is 4.90. The molecule has 5 heteroatoms. The van der Waals surface area contributed by atoms with E-state index in [0.717, 1.165) is 5.69 Å². The van der Waals surface area contributed by atoms with Crippen LogP contribution in [0.25, 0.3) is 0 Å². The molecule has 17 heavy (non-hydrogen) atoms. The highest BCUT2D eigenvalue weighted by atomic mass is 32.2. The molecule has 1 aromatic heterocycles. The summed E-state index contributed by atoms with van der Waals surface area (Å²) >= 11 is 1.22. The SMILES string of the molecule is CCC(C#N)Sc1nc(C)cc(C)c1C(=O)O. The van der Waals surface area contributed by atoms with Gasteiger partial charge in [-0.15, -0.1) is 0 Å². The van der Waals surface area contributed by atoms with E-state index in [-0.39, 0.29) is 10.8 Å². The molecule has 4 nitrogen and oxygen atoms in total. The number of hydrogen-bond donors (Lipinski definition) is 1. The van der Waals surface area contributed by atoms with Crippen LogP contribution in [0.4, 0.5) is 0 Å². The van der Waals surface area contributed by atoms with Gasteiger partial charge in [0.2, 0.25) is 0 Å². The molecule has 1 N–H and O–H groups in total. The van der Waals surface area contributed by atoms with E-state index in [2.05, 4.69) is 11.1 Å². The number of nitrogens with zero attached hydrogens (tertiary/aromatic N) is 2. The number of aromatic carboxylic acids is 1. The van der Waals surface area contributed by atoms with Gasteiger partial charge in [0.15, 0.2) is 0 Å². The van der Waals surface area contributed by atoms with Crippen molar-refractivity contribution in [1.82, 2.24) is 4.98 Å². The number of nitriles is 1. The lowest BCUT2D eigenvalue weighted by molar-refractivity contribution is 0.0691. The van der Waals surface area contributed by atoms with Gasteiger partial charge < -0.3 is 5.11 Å². The second-order valence-electron chi connectivity index (χ2n) is 3.71. The quantitative estimate of drug-likeness (QED) is 0.832. The van der Waals surface area contributed by atoms with Gasteiger partial charge in [-0.25, -0.2) is 9.78 Å². The highest BCUT2D eigenvalue weighted by Gasteiger charge is 2.19. The highest BCUT2D eigenvalue weighted by Crippen LogP contribution is 2.28. The number of carboxylic acids is 1. The summed E-state index contributed by atoms with van der Waals surface area (Å²) in [6, 6.07) is 3.87. The molecule has 0 bridgehead atoms. The molecule has 0 saturated heterocycles. The maximum atomic E-state index is 11.2. The molecule has 0 aliphatic carbocycles. The van der Waals surface area contributed by atoms with Crippen molar-refractivity contribution in [2.45, 2.75) is 37.5 Å². The molecule has 0 radical (unpaired) electrons. The summed E-state index contributed by atoms with van der Waals surface area (Å²) in [5.41, 5.74) is 1.65. The fourth-order valence-corrected chi connectivity index (χ4v) is 2.54. The third-order valence-electron chi connectivity index (χ3n) is 2.29. The summed E-state index contributed by atoms with van der Waals surface area (Å²) in [7, 11) is 0. The minimum atomic E-state index is -0.995. The average Bonchev–Trinajstić information content (AvgIpc) is 2.24. The summed E-state index contributed by atoms with van der Waals surface area (Å²) in [6.45, 7) is 5.45. The molecule has 0 fully saturated rings. The Kier molecular flexibility index (Phi) is 4.53. The number of aryl methyl sites for hydroxylation is 2. The van der Waals surface area contributed by atoms with Crippen molar-refractivity contribution in [2.24, 2.45) is 0 Å². The molecule has 1 atom stereocenters. The van der Waals surface area contributed by atoms with Gasteiger partial charge in [0.1, 0.15) is 5.03 Å². The van der Waals surface area contributed by atoms with Crippen molar-refractivity contribution in [3.63, 3.8) is 0 Å². The predicted molar refractivity (Wildman–Crippen MR) is 66.2 cm³/mol. The molecule has 0 aliphatic heterocycles. The third kappa shape index (κ3) is 3.21. The normalized spacial score (nSPS) is 11.9. The first kappa shape index (κ1) is 13.5. The van der Waals surface area contributed by atoms with Crippen LogP contribution in [-0.4, -0.2) is 21.3 Å². The monoisotopic (exact) mass is 250 g/mol. The van der Waals surface area contributed by atoms with Gasteiger partial charge in [-0.1, -0.05) is 18.7 Å². The van der Waals surface area contributed by atoms with Crippen molar-refractivity contribution >= 4 is 17.7 Å². The molecular formula is C12H14N2O2S. The Morgan fingerprint density at radius 3 is 2.76 bits per heavy atom. The molecule has 90 valence electrons. The van der Waals surface area contributed by atoms with Crippen LogP contribution in [0.2, 0.25) is 0 Å². The van der Waals surface area contributed by atoms with Crippen LogP contribution in [-0.2, 0) is 0 Å². The van der Waals surface area contributed by atoms with E-state index < -0.39 is 5.97 Å². The zero-order valence-corrected chi connectivity index (χ0v) is 10.8. The van der Waals surface area contributed by atoms with Gasteiger partial charge in [0, 0.05) is 5.69 Å². The average molecular weight is 250 g/mol. The Balaban J connectivity index is 3.22. The Morgan fingerprint density at radius 2 is 2.29 bits per heavy atom. The summed E-state index contributed by atoms with van der Waals surface area (Å²) < 4.78 is 0. The first-order chi connectivity index (χ1) is 7.99. The van der Waals surface area contributed by atoms with E-state index in [1.54, 1.807) is 13.0 Å². The summed E-state index contributed by atoms with van der Waals surface area (Å²) in [5, 5.41) is 18.2. The summed E-state index contributed by atoms with van der Waals surface area (Å²) in [6.07, 6.45) is 0.662. The van der Waals surface area contributed by atoms with Crippen LogP contribution in [0.1, 0.15) is 35.0 Å². The van der Waals surface area contributed by atoms with Crippen molar-refractivity contribution < 1.29 is 9.90 Å². The van der Waals surface area contributed by atoms with Gasteiger partial charge in [0.25, 0.3) is 0 Å². The van der Waals surface area contributed by atoms with E-state index in [9.17, 15) is 4.79 Å². The number of aromatic nitrogens is 1. The van der Waals surface area contributed by atoms with E-state index in [0.29, 0.717) is 17.0 Å². The zero-order valence-electron chi connectivity index (χ0n) is 10.0. The molecule has 0 saturated carbocycles. The van der Waals surface area contributed by atoms with E-state index >= 15 is 0 Å². The summed E-state index contributed by atoms with van der Waals surface area (Å²) in [5.74, 6) is -0.995. The third-order valence-corrected chi connectivity index (χ3v) is 3.54. The van der Waals surface area contributed by atoms with Gasteiger partial charge in [0.05, 0.1) is 16.9 Å². The molecule has 1 rings (SSSR count). The number of pyridine rings is 1. The smallest absolute Gasteiger partial charge is 0.338 e. The van der Waals surface area contributed by atoms with Crippen LogP contribution >= 0.6 is 11.8 Å². The van der Waals surface area contributed by atoms with Crippen LogP contribution in [0, 0.1) is 25.2 Å². The van der Waals surface area contributed by atoms with Crippen LogP contribution in [0.5, 0.6) is 0 Å². The van der Waals surface area contributed by atoms with Gasteiger partial charge in [-0.2, -0.15) is 5.26 Å². The van der Waals surface area contributed by atoms with Crippen LogP contribution in [0.3, 0.4) is 0 Å². The van der Waals surface area contributed by atoms with Crippen molar-refractivity contribution in [2.75, 3.05) is 0 Å². The number of thioether (sulfide) groups is 1. The lowest BCUT2D eigenvalue weighted by Crippen LogP contribution is -2.07. The molecule has 0 aliphatic rings. The first-order valence-electron chi connectivity index (χ1n) is 5.27. The van der Waals surface area contributed by atoms with E-state index in [4.69, 9.17) is 10.4 Å². The molecular weight excluding hydrogens is 236 g/mol. The fraction of sp³-hybridized carbons (Fsp3) is 0.417. The first-order valence-corrected chi connectivity index (χ1v) is 6.15. The maximum absolute atomic E-state index is 11.2. The number of carbonyl (C=O) groups is 1. The molecule has 0 aromatic carbocycles. The van der Waals surface area contributed by atoms with Crippen molar-refractivity contribution in [1.29, 1.82) is 5.26 Å².